The maximum Gasteiger partial charge on any atom is 0.451 e. The van der Waals surface area contributed by atoms with Gasteiger partial charge in [-0.15, -0.1) is 0 Å². The molecule has 0 radical (unpaired) electrons. The monoisotopic (exact) mass is 506 g/mol. The van der Waals surface area contributed by atoms with Crippen molar-refractivity contribution in [2.24, 2.45) is 0 Å². The molecule has 2 aromatic carbocycles. The zero-order chi connectivity index (χ0) is 26.4. The molecule has 1 aliphatic heterocycles. The largest absolute Gasteiger partial charge is 0.451 e. The predicted molar refractivity (Wildman–Crippen MR) is 136 cm³/mol. The molecule has 37 heavy (non-hydrogen) atoms. The third kappa shape index (κ3) is 6.53. The van der Waals surface area contributed by atoms with Gasteiger partial charge < -0.3 is 4.90 Å². The van der Waals surface area contributed by atoms with Crippen LogP contribution in [0.3, 0.4) is 0 Å². The Morgan fingerprint density at radius 2 is 1.73 bits per heavy atom. The highest BCUT2D eigenvalue weighted by atomic mass is 19.4. The second kappa shape index (κ2) is 11.5. The Kier molecular flexibility index (Phi) is 8.22. The van der Waals surface area contributed by atoms with E-state index in [1.807, 2.05) is 24.3 Å². The van der Waals surface area contributed by atoms with Crippen LogP contribution in [0.5, 0.6) is 0 Å². The molecule has 0 N–H and O–H groups in total. The average Bonchev–Trinajstić information content (AvgIpc) is 3.39. The molecule has 0 aliphatic carbocycles. The topological polar surface area (TPSA) is 69.9 Å². The van der Waals surface area contributed by atoms with Crippen molar-refractivity contribution in [3.63, 3.8) is 0 Å². The number of aromatic nitrogens is 2. The molecular formula is C29H29F3N4O. The minimum Gasteiger partial charge on any atom is -0.346 e. The maximum atomic E-state index is 13.7. The molecule has 0 saturated carbocycles. The first-order chi connectivity index (χ1) is 17.8. The molecule has 1 saturated heterocycles. The minimum atomic E-state index is -4.70. The van der Waals surface area contributed by atoms with Gasteiger partial charge in [0.15, 0.2) is 5.78 Å². The third-order valence-corrected chi connectivity index (χ3v) is 6.64. The summed E-state index contributed by atoms with van der Waals surface area (Å²) in [6, 6.07) is 17.8. The molecule has 0 unspecified atom stereocenters. The molecule has 4 rings (SSSR count). The average molecular weight is 507 g/mol. The molecule has 8 heteroatoms. The molecule has 3 aromatic rings. The van der Waals surface area contributed by atoms with Gasteiger partial charge in [-0.25, -0.2) is 9.97 Å². The van der Waals surface area contributed by atoms with Gasteiger partial charge in [0.05, 0.1) is 23.4 Å². The molecule has 2 heterocycles. The maximum absolute atomic E-state index is 13.7. The number of rotatable bonds is 9. The smallest absolute Gasteiger partial charge is 0.346 e. The van der Waals surface area contributed by atoms with E-state index in [9.17, 15) is 18.0 Å². The van der Waals surface area contributed by atoms with E-state index >= 15 is 0 Å². The van der Waals surface area contributed by atoms with Crippen LogP contribution < -0.4 is 4.90 Å². The first-order valence-electron chi connectivity index (χ1n) is 12.6. The van der Waals surface area contributed by atoms with Gasteiger partial charge in [0.2, 0.25) is 5.82 Å². The predicted octanol–water partition coefficient (Wildman–Crippen LogP) is 6.55. The summed E-state index contributed by atoms with van der Waals surface area (Å²) in [7, 11) is 0. The van der Waals surface area contributed by atoms with Gasteiger partial charge in [0, 0.05) is 24.6 Å². The first-order valence-corrected chi connectivity index (χ1v) is 12.6. The number of nitrogens with zero attached hydrogens (tertiary/aromatic N) is 4. The van der Waals surface area contributed by atoms with E-state index in [2.05, 4.69) is 23.0 Å². The van der Waals surface area contributed by atoms with Crippen molar-refractivity contribution in [1.82, 2.24) is 9.97 Å². The van der Waals surface area contributed by atoms with Gasteiger partial charge in [-0.05, 0) is 55.4 Å². The lowest BCUT2D eigenvalue weighted by Crippen LogP contribution is -2.37. The van der Waals surface area contributed by atoms with E-state index in [4.69, 9.17) is 5.26 Å². The van der Waals surface area contributed by atoms with Crippen LogP contribution in [0, 0.1) is 11.3 Å². The van der Waals surface area contributed by atoms with E-state index in [0.29, 0.717) is 49.8 Å². The van der Waals surface area contributed by atoms with Crippen LogP contribution in [0.4, 0.5) is 19.0 Å². The zero-order valence-electron chi connectivity index (χ0n) is 20.8. The van der Waals surface area contributed by atoms with Crippen LogP contribution in [0.1, 0.15) is 61.5 Å². The number of nitriles is 1. The number of hydrogen-bond acceptors (Lipinski definition) is 5. The van der Waals surface area contributed by atoms with Crippen molar-refractivity contribution in [2.75, 3.05) is 11.4 Å². The lowest BCUT2D eigenvalue weighted by Gasteiger charge is -2.26. The normalized spacial score (nSPS) is 15.5. The molecular weight excluding hydrogens is 477 g/mol. The lowest BCUT2D eigenvalue weighted by molar-refractivity contribution is -0.144. The second-order valence-electron chi connectivity index (χ2n) is 9.36. The Bertz CT molecular complexity index is 1260. The highest BCUT2D eigenvalue weighted by Gasteiger charge is 2.38. The van der Waals surface area contributed by atoms with E-state index in [0.717, 1.165) is 24.0 Å². The molecule has 1 aromatic heterocycles. The highest BCUT2D eigenvalue weighted by Crippen LogP contribution is 2.33. The molecule has 0 amide bonds. The van der Waals surface area contributed by atoms with Gasteiger partial charge >= 0.3 is 6.18 Å². The summed E-state index contributed by atoms with van der Waals surface area (Å²) in [5.41, 5.74) is 3.51. The number of carbonyl (C=O) groups is 1. The molecule has 1 aliphatic rings. The number of aryl methyl sites for hydroxylation is 2. The Labute approximate surface area is 215 Å². The summed E-state index contributed by atoms with van der Waals surface area (Å²) < 4.78 is 41.2. The van der Waals surface area contributed by atoms with Gasteiger partial charge in [-0.2, -0.15) is 18.4 Å². The number of anilines is 1. The van der Waals surface area contributed by atoms with Crippen LogP contribution in [0.2, 0.25) is 0 Å². The number of carbonyl (C=O) groups excluding carboxylic acids is 1. The minimum absolute atomic E-state index is 0.00350. The van der Waals surface area contributed by atoms with Crippen molar-refractivity contribution in [1.29, 1.82) is 5.26 Å². The van der Waals surface area contributed by atoms with Crippen LogP contribution in [-0.4, -0.2) is 28.3 Å². The number of ketones is 1. The number of hydrogen-bond donors (Lipinski definition) is 0. The number of halogens is 3. The van der Waals surface area contributed by atoms with E-state index in [1.54, 1.807) is 35.2 Å². The van der Waals surface area contributed by atoms with Crippen molar-refractivity contribution in [2.45, 2.75) is 64.1 Å². The number of Topliss-reactive ketones (excluding diaryl/α,β-unsaturated/α-hetero) is 1. The van der Waals surface area contributed by atoms with Crippen LogP contribution >= 0.6 is 0 Å². The van der Waals surface area contributed by atoms with Crippen LogP contribution in [0.25, 0.3) is 11.3 Å². The Morgan fingerprint density at radius 3 is 2.38 bits per heavy atom. The fourth-order valence-electron chi connectivity index (χ4n) is 4.74. The standard InChI is InChI=1S/C29H29F3N4O/c1-2-5-20-13-15-23(16-14-20)24-18-27(35-28(34-24)29(30,31)32)36-17-4-7-25(36)26(37)8-3-6-21-9-11-22(19-33)12-10-21/h9-16,18,25H,2-8,17H2,1H3/t25-/m0/s1. The van der Waals surface area contributed by atoms with E-state index < -0.39 is 18.0 Å². The molecule has 1 fully saturated rings. The van der Waals surface area contributed by atoms with Crippen molar-refractivity contribution < 1.29 is 18.0 Å². The van der Waals surface area contributed by atoms with E-state index in [1.165, 1.54) is 0 Å². The Morgan fingerprint density at radius 1 is 1.05 bits per heavy atom. The Hall–Kier alpha value is -3.73. The summed E-state index contributed by atoms with van der Waals surface area (Å²) in [5.74, 6) is -1.06. The molecule has 5 nitrogen and oxygen atoms in total. The van der Waals surface area contributed by atoms with Crippen molar-refractivity contribution >= 4 is 11.6 Å². The number of alkyl halides is 3. The quantitative estimate of drug-likeness (QED) is 0.329. The second-order valence-corrected chi connectivity index (χ2v) is 9.36. The number of benzene rings is 2. The molecule has 0 bridgehead atoms. The van der Waals surface area contributed by atoms with Crippen molar-refractivity contribution in [3.8, 4) is 17.3 Å². The van der Waals surface area contributed by atoms with Gasteiger partial charge in [-0.3, -0.25) is 4.79 Å². The fourth-order valence-corrected chi connectivity index (χ4v) is 4.74. The highest BCUT2D eigenvalue weighted by molar-refractivity contribution is 5.87. The summed E-state index contributed by atoms with van der Waals surface area (Å²) in [6.45, 7) is 2.54. The van der Waals surface area contributed by atoms with Gasteiger partial charge in [0.25, 0.3) is 0 Å². The van der Waals surface area contributed by atoms with Gasteiger partial charge in [-0.1, -0.05) is 49.7 Å². The van der Waals surface area contributed by atoms with E-state index in [-0.39, 0.29) is 17.3 Å². The van der Waals surface area contributed by atoms with Gasteiger partial charge in [0.1, 0.15) is 5.82 Å². The lowest BCUT2D eigenvalue weighted by atomic mass is 10.0. The Balaban J connectivity index is 1.52. The molecule has 192 valence electrons. The SMILES string of the molecule is CCCc1ccc(-c2cc(N3CCC[C@H]3C(=O)CCCc3ccc(C#N)cc3)nc(C(F)(F)F)n2)cc1. The fraction of sp³-hybridized carbons (Fsp3) is 0.379. The third-order valence-electron chi connectivity index (χ3n) is 6.64. The summed E-state index contributed by atoms with van der Waals surface area (Å²) in [6.07, 6.45) is 0.104. The van der Waals surface area contributed by atoms with Crippen LogP contribution in [0.15, 0.2) is 54.6 Å². The summed E-state index contributed by atoms with van der Waals surface area (Å²) in [5, 5.41) is 8.92. The van der Waals surface area contributed by atoms with Crippen LogP contribution in [-0.2, 0) is 23.8 Å². The first kappa shape index (κ1) is 26.3. The molecule has 0 spiro atoms. The van der Waals surface area contributed by atoms with Crippen molar-refractivity contribution in [3.05, 3.63) is 77.1 Å². The summed E-state index contributed by atoms with van der Waals surface area (Å²) in [4.78, 5) is 22.5. The molecule has 1 atom stereocenters. The zero-order valence-corrected chi connectivity index (χ0v) is 20.8. The summed E-state index contributed by atoms with van der Waals surface area (Å²) >= 11 is 0.